The molecule has 3 fully saturated rings. The summed E-state index contributed by atoms with van der Waals surface area (Å²) in [6, 6.07) is 0. The third kappa shape index (κ3) is 1.00. The minimum atomic E-state index is -0.514. The van der Waals surface area contributed by atoms with Crippen LogP contribution in [0.1, 0.15) is 20.3 Å². The van der Waals surface area contributed by atoms with Gasteiger partial charge in [0.15, 0.2) is 5.79 Å². The lowest BCUT2D eigenvalue weighted by atomic mass is 9.93. The van der Waals surface area contributed by atoms with Crippen LogP contribution in [0.5, 0.6) is 0 Å². The molecule has 0 aromatic carbocycles. The number of fused-ring (bicyclic) bond motifs is 5. The van der Waals surface area contributed by atoms with Gasteiger partial charge in [0, 0.05) is 6.42 Å². The summed E-state index contributed by atoms with van der Waals surface area (Å²) in [4.78, 5) is 0. The summed E-state index contributed by atoms with van der Waals surface area (Å²) in [6.07, 6.45) is 0.144. The first-order valence-corrected chi connectivity index (χ1v) is 4.76. The van der Waals surface area contributed by atoms with Crippen LogP contribution in [0.15, 0.2) is 0 Å². The highest BCUT2D eigenvalue weighted by atomic mass is 16.8. The summed E-state index contributed by atoms with van der Waals surface area (Å²) < 4.78 is 16.9. The van der Waals surface area contributed by atoms with Gasteiger partial charge in [-0.15, -0.1) is 0 Å². The fourth-order valence-electron chi connectivity index (χ4n) is 2.59. The Balaban J connectivity index is 1.87. The van der Waals surface area contributed by atoms with E-state index in [1.807, 2.05) is 13.8 Å². The SMILES string of the molecule is CC1(C)OC2C3CC(O)C(O3)C2O1. The van der Waals surface area contributed by atoms with E-state index in [0.29, 0.717) is 6.42 Å². The maximum absolute atomic E-state index is 9.58. The molecule has 3 aliphatic heterocycles. The van der Waals surface area contributed by atoms with Gasteiger partial charge in [-0.3, -0.25) is 0 Å². The third-order valence-electron chi connectivity index (χ3n) is 3.04. The van der Waals surface area contributed by atoms with E-state index in [9.17, 15) is 5.11 Å². The zero-order valence-corrected chi connectivity index (χ0v) is 7.77. The van der Waals surface area contributed by atoms with Gasteiger partial charge in [-0.1, -0.05) is 0 Å². The van der Waals surface area contributed by atoms with Gasteiger partial charge in [-0.2, -0.15) is 0 Å². The number of rotatable bonds is 0. The predicted octanol–water partition coefficient (Wildman–Crippen LogP) is 0.0385. The highest BCUT2D eigenvalue weighted by molar-refractivity contribution is 5.06. The second-order valence-electron chi connectivity index (χ2n) is 4.51. The molecule has 0 aliphatic carbocycles. The molecule has 5 unspecified atom stereocenters. The molecule has 0 radical (unpaired) electrons. The van der Waals surface area contributed by atoms with Crippen LogP contribution in [-0.2, 0) is 14.2 Å². The van der Waals surface area contributed by atoms with Crippen molar-refractivity contribution < 1.29 is 19.3 Å². The van der Waals surface area contributed by atoms with E-state index < -0.39 is 5.79 Å². The Labute approximate surface area is 76.8 Å². The van der Waals surface area contributed by atoms with Crippen LogP contribution in [0.2, 0.25) is 0 Å². The number of aliphatic hydroxyl groups excluding tert-OH is 1. The molecule has 3 aliphatic rings. The molecule has 3 heterocycles. The second kappa shape index (κ2) is 2.25. The van der Waals surface area contributed by atoms with E-state index in [2.05, 4.69) is 0 Å². The molecule has 1 N–H and O–H groups in total. The summed E-state index contributed by atoms with van der Waals surface area (Å²) in [5.74, 6) is -0.514. The van der Waals surface area contributed by atoms with Gasteiger partial charge in [0.05, 0.1) is 12.2 Å². The molecule has 0 spiro atoms. The molecule has 4 heteroatoms. The number of hydrogen-bond acceptors (Lipinski definition) is 4. The molecule has 13 heavy (non-hydrogen) atoms. The molecule has 74 valence electrons. The molecule has 3 saturated heterocycles. The Kier molecular flexibility index (Phi) is 1.42. The minimum absolute atomic E-state index is 0.0309. The summed E-state index contributed by atoms with van der Waals surface area (Å²) in [5.41, 5.74) is 0. The molecular formula is C9H14O4. The molecule has 0 saturated carbocycles. The van der Waals surface area contributed by atoms with Gasteiger partial charge < -0.3 is 19.3 Å². The van der Waals surface area contributed by atoms with E-state index in [1.54, 1.807) is 0 Å². The van der Waals surface area contributed by atoms with Gasteiger partial charge >= 0.3 is 0 Å². The first kappa shape index (κ1) is 8.17. The zero-order valence-electron chi connectivity index (χ0n) is 7.77. The van der Waals surface area contributed by atoms with E-state index in [-0.39, 0.29) is 30.5 Å². The van der Waals surface area contributed by atoms with Crippen molar-refractivity contribution in [3.63, 3.8) is 0 Å². The molecule has 3 rings (SSSR count). The van der Waals surface area contributed by atoms with Crippen molar-refractivity contribution in [1.82, 2.24) is 0 Å². The van der Waals surface area contributed by atoms with Crippen LogP contribution in [0.3, 0.4) is 0 Å². The fraction of sp³-hybridized carbons (Fsp3) is 1.00. The van der Waals surface area contributed by atoms with Crippen LogP contribution in [0.4, 0.5) is 0 Å². The quantitative estimate of drug-likeness (QED) is 0.580. The van der Waals surface area contributed by atoms with Gasteiger partial charge in [0.2, 0.25) is 0 Å². The molecule has 4 nitrogen and oxygen atoms in total. The largest absolute Gasteiger partial charge is 0.390 e. The molecule has 5 atom stereocenters. The van der Waals surface area contributed by atoms with Gasteiger partial charge in [0.1, 0.15) is 18.3 Å². The maximum atomic E-state index is 9.58. The fourth-order valence-corrected chi connectivity index (χ4v) is 2.59. The summed E-state index contributed by atoms with van der Waals surface area (Å²) in [5, 5.41) is 9.58. The first-order valence-electron chi connectivity index (χ1n) is 4.76. The molecule has 0 aromatic rings. The Bertz CT molecular complexity index is 240. The Morgan fingerprint density at radius 1 is 1.15 bits per heavy atom. The average Bonchev–Trinajstić information content (AvgIpc) is 2.56. The van der Waals surface area contributed by atoms with Crippen molar-refractivity contribution in [2.45, 2.75) is 56.6 Å². The van der Waals surface area contributed by atoms with Crippen LogP contribution < -0.4 is 0 Å². The Morgan fingerprint density at radius 2 is 1.85 bits per heavy atom. The van der Waals surface area contributed by atoms with E-state index in [1.165, 1.54) is 0 Å². The topological polar surface area (TPSA) is 47.9 Å². The summed E-state index contributed by atoms with van der Waals surface area (Å²) in [6.45, 7) is 3.80. The summed E-state index contributed by atoms with van der Waals surface area (Å²) >= 11 is 0. The second-order valence-corrected chi connectivity index (χ2v) is 4.51. The van der Waals surface area contributed by atoms with Gasteiger partial charge in [0.25, 0.3) is 0 Å². The molecule has 0 aromatic heterocycles. The van der Waals surface area contributed by atoms with Crippen molar-refractivity contribution in [2.24, 2.45) is 0 Å². The number of hydrogen-bond donors (Lipinski definition) is 1. The smallest absolute Gasteiger partial charge is 0.164 e. The lowest BCUT2D eigenvalue weighted by Crippen LogP contribution is -2.41. The maximum Gasteiger partial charge on any atom is 0.164 e. The van der Waals surface area contributed by atoms with Gasteiger partial charge in [-0.05, 0) is 13.8 Å². The monoisotopic (exact) mass is 186 g/mol. The van der Waals surface area contributed by atoms with Crippen LogP contribution in [-0.4, -0.2) is 41.4 Å². The number of aliphatic hydroxyl groups is 1. The van der Waals surface area contributed by atoms with Crippen molar-refractivity contribution in [3.8, 4) is 0 Å². The average molecular weight is 186 g/mol. The summed E-state index contributed by atoms with van der Waals surface area (Å²) in [7, 11) is 0. The minimum Gasteiger partial charge on any atom is -0.390 e. The van der Waals surface area contributed by atoms with Crippen LogP contribution in [0, 0.1) is 0 Å². The lowest BCUT2D eigenvalue weighted by Gasteiger charge is -2.21. The Morgan fingerprint density at radius 3 is 2.62 bits per heavy atom. The highest BCUT2D eigenvalue weighted by Crippen LogP contribution is 2.45. The predicted molar refractivity (Wildman–Crippen MR) is 43.1 cm³/mol. The zero-order chi connectivity index (χ0) is 9.22. The van der Waals surface area contributed by atoms with Crippen molar-refractivity contribution in [1.29, 1.82) is 0 Å². The van der Waals surface area contributed by atoms with Crippen molar-refractivity contribution in [3.05, 3.63) is 0 Å². The van der Waals surface area contributed by atoms with Gasteiger partial charge in [-0.25, -0.2) is 0 Å². The van der Waals surface area contributed by atoms with E-state index in [4.69, 9.17) is 14.2 Å². The first-order chi connectivity index (χ1) is 6.07. The van der Waals surface area contributed by atoms with Crippen molar-refractivity contribution in [2.75, 3.05) is 0 Å². The van der Waals surface area contributed by atoms with E-state index >= 15 is 0 Å². The molecular weight excluding hydrogens is 172 g/mol. The molecule has 0 amide bonds. The Hall–Kier alpha value is -0.160. The van der Waals surface area contributed by atoms with Crippen LogP contribution in [0.25, 0.3) is 0 Å². The lowest BCUT2D eigenvalue weighted by molar-refractivity contribution is -0.179. The molecule has 2 bridgehead atoms. The van der Waals surface area contributed by atoms with Crippen molar-refractivity contribution >= 4 is 0 Å². The number of ether oxygens (including phenoxy) is 3. The van der Waals surface area contributed by atoms with Crippen LogP contribution >= 0.6 is 0 Å². The highest BCUT2D eigenvalue weighted by Gasteiger charge is 2.61. The normalized spacial score (nSPS) is 57.0. The van der Waals surface area contributed by atoms with E-state index in [0.717, 1.165) is 0 Å². The third-order valence-corrected chi connectivity index (χ3v) is 3.04. The standard InChI is InChI=1S/C9H14O4/c1-9(2)12-7-5-3-4(10)6(11-5)8(7)13-9/h4-8,10H,3H2,1-2H3.